The van der Waals surface area contributed by atoms with Crippen molar-refractivity contribution in [2.75, 3.05) is 19.0 Å². The predicted octanol–water partition coefficient (Wildman–Crippen LogP) is 4.05. The zero-order valence-corrected chi connectivity index (χ0v) is 20.7. The molecule has 2 N–H and O–H groups in total. The summed E-state index contributed by atoms with van der Waals surface area (Å²) in [6.07, 6.45) is 0.0930. The van der Waals surface area contributed by atoms with Crippen molar-refractivity contribution in [1.29, 1.82) is 0 Å². The summed E-state index contributed by atoms with van der Waals surface area (Å²) in [5, 5.41) is 2.90. The SMILES string of the molecule is CCOC(=O)c1ccc(NC(=O)C(Cc2ccccc2)NS(=O)(=O)c2cc(Cl)ccc2OC)cc1. The number of hydrogen-bond acceptors (Lipinski definition) is 6. The summed E-state index contributed by atoms with van der Waals surface area (Å²) >= 11 is 6.01. The van der Waals surface area contributed by atoms with Gasteiger partial charge in [0.15, 0.2) is 0 Å². The number of hydrogen-bond donors (Lipinski definition) is 2. The van der Waals surface area contributed by atoms with Gasteiger partial charge in [-0.1, -0.05) is 41.9 Å². The van der Waals surface area contributed by atoms with Crippen LogP contribution in [0.5, 0.6) is 5.75 Å². The van der Waals surface area contributed by atoms with E-state index in [9.17, 15) is 18.0 Å². The van der Waals surface area contributed by atoms with E-state index < -0.39 is 27.9 Å². The number of amides is 1. The first-order valence-corrected chi connectivity index (χ1v) is 12.6. The van der Waals surface area contributed by atoms with Crippen molar-refractivity contribution in [3.8, 4) is 5.75 Å². The molecule has 0 aliphatic carbocycles. The summed E-state index contributed by atoms with van der Waals surface area (Å²) in [6.45, 7) is 1.95. The highest BCUT2D eigenvalue weighted by molar-refractivity contribution is 7.89. The Balaban J connectivity index is 1.86. The number of halogens is 1. The van der Waals surface area contributed by atoms with Gasteiger partial charge in [-0.05, 0) is 61.4 Å². The van der Waals surface area contributed by atoms with Gasteiger partial charge in [0, 0.05) is 10.7 Å². The number of sulfonamides is 1. The van der Waals surface area contributed by atoms with Crippen LogP contribution in [0, 0.1) is 0 Å². The lowest BCUT2D eigenvalue weighted by atomic mass is 10.1. The van der Waals surface area contributed by atoms with Crippen LogP contribution in [0.25, 0.3) is 0 Å². The van der Waals surface area contributed by atoms with Gasteiger partial charge in [-0.25, -0.2) is 13.2 Å². The maximum atomic E-state index is 13.2. The average Bonchev–Trinajstić information content (AvgIpc) is 2.84. The normalized spacial score (nSPS) is 12.0. The fraction of sp³-hybridized carbons (Fsp3) is 0.200. The standard InChI is InChI=1S/C25H25ClN2O6S/c1-3-34-25(30)18-9-12-20(13-10-18)27-24(29)21(15-17-7-5-4-6-8-17)28-35(31,32)23-16-19(26)11-14-22(23)33-2/h4-14,16,21,28H,3,15H2,1-2H3,(H,27,29). The third kappa shape index (κ3) is 7.05. The molecule has 1 unspecified atom stereocenters. The van der Waals surface area contributed by atoms with Crippen LogP contribution in [0.2, 0.25) is 5.02 Å². The summed E-state index contributed by atoms with van der Waals surface area (Å²) < 4.78 is 39.0. The molecule has 0 bridgehead atoms. The Morgan fingerprint density at radius 1 is 1.00 bits per heavy atom. The van der Waals surface area contributed by atoms with Crippen LogP contribution in [-0.4, -0.2) is 40.1 Å². The summed E-state index contributed by atoms with van der Waals surface area (Å²) in [6, 6.07) is 18.2. The fourth-order valence-corrected chi connectivity index (χ4v) is 4.91. The van der Waals surface area contributed by atoms with Crippen molar-refractivity contribution >= 4 is 39.2 Å². The van der Waals surface area contributed by atoms with Crippen molar-refractivity contribution in [2.45, 2.75) is 24.3 Å². The van der Waals surface area contributed by atoms with E-state index in [1.54, 1.807) is 31.2 Å². The molecule has 184 valence electrons. The summed E-state index contributed by atoms with van der Waals surface area (Å²) in [7, 11) is -2.84. The van der Waals surface area contributed by atoms with E-state index in [0.717, 1.165) is 5.56 Å². The Labute approximate surface area is 209 Å². The zero-order valence-electron chi connectivity index (χ0n) is 19.2. The molecule has 35 heavy (non-hydrogen) atoms. The molecule has 3 rings (SSSR count). The lowest BCUT2D eigenvalue weighted by Gasteiger charge is -2.20. The lowest BCUT2D eigenvalue weighted by Crippen LogP contribution is -2.45. The van der Waals surface area contributed by atoms with Crippen LogP contribution in [0.15, 0.2) is 77.7 Å². The second kappa shape index (κ2) is 11.8. The Morgan fingerprint density at radius 2 is 1.69 bits per heavy atom. The van der Waals surface area contributed by atoms with Crippen LogP contribution in [0.4, 0.5) is 5.69 Å². The molecular weight excluding hydrogens is 492 g/mol. The second-order valence-electron chi connectivity index (χ2n) is 7.45. The lowest BCUT2D eigenvalue weighted by molar-refractivity contribution is -0.117. The minimum atomic E-state index is -4.19. The van der Waals surface area contributed by atoms with E-state index in [0.29, 0.717) is 11.3 Å². The van der Waals surface area contributed by atoms with Crippen LogP contribution in [0.1, 0.15) is 22.8 Å². The number of anilines is 1. The van der Waals surface area contributed by atoms with E-state index in [2.05, 4.69) is 10.0 Å². The van der Waals surface area contributed by atoms with Crippen molar-refractivity contribution in [3.05, 3.63) is 88.9 Å². The van der Waals surface area contributed by atoms with Crippen molar-refractivity contribution in [1.82, 2.24) is 4.72 Å². The first-order valence-electron chi connectivity index (χ1n) is 10.7. The minimum Gasteiger partial charge on any atom is -0.495 e. The van der Waals surface area contributed by atoms with Gasteiger partial charge in [0.2, 0.25) is 15.9 Å². The van der Waals surface area contributed by atoms with Crippen molar-refractivity contribution < 1.29 is 27.5 Å². The van der Waals surface area contributed by atoms with Gasteiger partial charge in [-0.15, -0.1) is 0 Å². The molecule has 1 amide bonds. The van der Waals surface area contributed by atoms with E-state index in [1.165, 1.54) is 49.6 Å². The number of carbonyl (C=O) groups excluding carboxylic acids is 2. The minimum absolute atomic E-state index is 0.0929. The van der Waals surface area contributed by atoms with Gasteiger partial charge < -0.3 is 14.8 Å². The highest BCUT2D eigenvalue weighted by Crippen LogP contribution is 2.27. The molecule has 8 nitrogen and oxygen atoms in total. The highest BCUT2D eigenvalue weighted by Gasteiger charge is 2.28. The smallest absolute Gasteiger partial charge is 0.338 e. The molecule has 0 fully saturated rings. The van der Waals surface area contributed by atoms with Crippen molar-refractivity contribution in [2.24, 2.45) is 0 Å². The summed E-state index contributed by atoms with van der Waals surface area (Å²) in [5.41, 5.74) is 1.48. The number of methoxy groups -OCH3 is 1. The van der Waals surface area contributed by atoms with Gasteiger partial charge in [0.1, 0.15) is 16.7 Å². The second-order valence-corrected chi connectivity index (χ2v) is 9.56. The monoisotopic (exact) mass is 516 g/mol. The number of ether oxygens (including phenoxy) is 2. The molecule has 1 atom stereocenters. The maximum Gasteiger partial charge on any atom is 0.338 e. The quantitative estimate of drug-likeness (QED) is 0.393. The first-order chi connectivity index (χ1) is 16.7. The van der Waals surface area contributed by atoms with Gasteiger partial charge in [0.25, 0.3) is 0 Å². The number of rotatable bonds is 10. The molecule has 10 heteroatoms. The summed E-state index contributed by atoms with van der Waals surface area (Å²) in [5.74, 6) is -0.965. The Kier molecular flexibility index (Phi) is 8.86. The topological polar surface area (TPSA) is 111 Å². The number of carbonyl (C=O) groups is 2. The van der Waals surface area contributed by atoms with E-state index in [1.807, 2.05) is 6.07 Å². The molecular formula is C25H25ClN2O6S. The Morgan fingerprint density at radius 3 is 2.31 bits per heavy atom. The molecule has 0 aliphatic heterocycles. The van der Waals surface area contributed by atoms with Gasteiger partial charge >= 0.3 is 5.97 Å². The van der Waals surface area contributed by atoms with Gasteiger partial charge in [0.05, 0.1) is 19.3 Å². The Hall–Kier alpha value is -3.40. The molecule has 0 aliphatic rings. The molecule has 0 spiro atoms. The van der Waals surface area contributed by atoms with E-state index >= 15 is 0 Å². The van der Waals surface area contributed by atoms with Crippen LogP contribution in [-0.2, 0) is 26.0 Å². The largest absolute Gasteiger partial charge is 0.495 e. The third-order valence-electron chi connectivity index (χ3n) is 4.98. The molecule has 0 saturated heterocycles. The molecule has 0 radical (unpaired) electrons. The van der Waals surface area contributed by atoms with Crippen molar-refractivity contribution in [3.63, 3.8) is 0 Å². The maximum absolute atomic E-state index is 13.2. The number of nitrogens with one attached hydrogen (secondary N) is 2. The first kappa shape index (κ1) is 26.2. The molecule has 3 aromatic rings. The number of esters is 1. The molecule has 0 heterocycles. The van der Waals surface area contributed by atoms with Gasteiger partial charge in [-0.2, -0.15) is 4.72 Å². The van der Waals surface area contributed by atoms with E-state index in [4.69, 9.17) is 21.1 Å². The average molecular weight is 517 g/mol. The molecule has 0 saturated carbocycles. The van der Waals surface area contributed by atoms with Crippen LogP contribution in [0.3, 0.4) is 0 Å². The van der Waals surface area contributed by atoms with E-state index in [-0.39, 0.29) is 28.7 Å². The molecule has 0 aromatic heterocycles. The highest BCUT2D eigenvalue weighted by atomic mass is 35.5. The number of benzene rings is 3. The predicted molar refractivity (Wildman–Crippen MR) is 133 cm³/mol. The summed E-state index contributed by atoms with van der Waals surface area (Å²) in [4.78, 5) is 24.8. The Bertz CT molecular complexity index is 1280. The van der Waals surface area contributed by atoms with Gasteiger partial charge in [-0.3, -0.25) is 4.79 Å². The van der Waals surface area contributed by atoms with Crippen LogP contribution < -0.4 is 14.8 Å². The van der Waals surface area contributed by atoms with Crippen LogP contribution >= 0.6 is 11.6 Å². The fourth-order valence-electron chi connectivity index (χ4n) is 3.28. The third-order valence-corrected chi connectivity index (χ3v) is 6.70. The zero-order chi connectivity index (χ0) is 25.4. The molecule has 3 aromatic carbocycles.